The normalized spacial score (nSPS) is 14.9. The molecule has 0 spiro atoms. The molecule has 136 valence electrons. The monoisotopic (exact) mass is 352 g/mol. The third kappa shape index (κ3) is 4.67. The summed E-state index contributed by atoms with van der Waals surface area (Å²) in [6.45, 7) is 3.66. The van der Waals surface area contributed by atoms with E-state index in [1.54, 1.807) is 6.07 Å². The summed E-state index contributed by atoms with van der Waals surface area (Å²) in [5.74, 6) is -0.272. The van der Waals surface area contributed by atoms with E-state index in [0.29, 0.717) is 30.8 Å². The highest BCUT2D eigenvalue weighted by molar-refractivity contribution is 5.99. The van der Waals surface area contributed by atoms with Crippen LogP contribution in [0.3, 0.4) is 0 Å². The van der Waals surface area contributed by atoms with Gasteiger partial charge in [-0.2, -0.15) is 0 Å². The molecule has 2 amide bonds. The fourth-order valence-electron chi connectivity index (χ4n) is 2.94. The second kappa shape index (κ2) is 8.58. The molecule has 6 heteroatoms. The number of carbonyl (C=O) groups is 2. The van der Waals surface area contributed by atoms with Gasteiger partial charge < -0.3 is 15.1 Å². The van der Waals surface area contributed by atoms with Crippen LogP contribution in [0.15, 0.2) is 48.8 Å². The molecule has 0 saturated carbocycles. The van der Waals surface area contributed by atoms with Crippen LogP contribution in [0.1, 0.15) is 26.3 Å². The fourth-order valence-corrected chi connectivity index (χ4v) is 2.94. The molecule has 1 saturated heterocycles. The molecule has 2 aromatic rings. The number of amides is 2. The predicted molar refractivity (Wildman–Crippen MR) is 100 cm³/mol. The van der Waals surface area contributed by atoms with Crippen molar-refractivity contribution in [1.29, 1.82) is 0 Å². The Kier molecular flexibility index (Phi) is 5.96. The maximum atomic E-state index is 12.6. The van der Waals surface area contributed by atoms with Crippen LogP contribution in [0, 0.1) is 0 Å². The summed E-state index contributed by atoms with van der Waals surface area (Å²) in [7, 11) is 2.05. The number of nitrogens with one attached hydrogen (secondary N) is 1. The summed E-state index contributed by atoms with van der Waals surface area (Å²) in [6.07, 6.45) is 3.79. The first kappa shape index (κ1) is 18.1. The first-order chi connectivity index (χ1) is 12.6. The Morgan fingerprint density at radius 2 is 1.73 bits per heavy atom. The molecule has 3 rings (SSSR count). The van der Waals surface area contributed by atoms with Crippen LogP contribution in [0.25, 0.3) is 0 Å². The van der Waals surface area contributed by atoms with E-state index < -0.39 is 0 Å². The number of aromatic nitrogens is 1. The lowest BCUT2D eigenvalue weighted by Crippen LogP contribution is -2.47. The van der Waals surface area contributed by atoms with Crippen molar-refractivity contribution in [3.63, 3.8) is 0 Å². The quantitative estimate of drug-likeness (QED) is 0.884. The van der Waals surface area contributed by atoms with Gasteiger partial charge in [-0.1, -0.05) is 30.3 Å². The minimum Gasteiger partial charge on any atom is -0.352 e. The van der Waals surface area contributed by atoms with Crippen LogP contribution < -0.4 is 5.32 Å². The Labute approximate surface area is 153 Å². The van der Waals surface area contributed by atoms with Gasteiger partial charge in [-0.05, 0) is 25.1 Å². The molecule has 26 heavy (non-hydrogen) atoms. The van der Waals surface area contributed by atoms with Gasteiger partial charge in [0, 0.05) is 45.1 Å². The van der Waals surface area contributed by atoms with Gasteiger partial charge in [-0.25, -0.2) is 0 Å². The van der Waals surface area contributed by atoms with E-state index in [9.17, 15) is 9.59 Å². The number of pyridine rings is 1. The molecule has 1 aliphatic heterocycles. The highest BCUT2D eigenvalue weighted by atomic mass is 16.2. The Bertz CT molecular complexity index is 755. The number of hydrogen-bond acceptors (Lipinski definition) is 4. The number of carbonyl (C=O) groups excluding carboxylic acids is 2. The molecular weight excluding hydrogens is 328 g/mol. The second-order valence-electron chi connectivity index (χ2n) is 6.55. The standard InChI is InChI=1S/C20H24N4O2/c1-23-9-11-24(12-10-23)20(26)18-13-17(14-21-15-18)19(25)22-8-7-16-5-3-2-4-6-16/h2-6,13-15H,7-12H2,1H3,(H,22,25). The van der Waals surface area contributed by atoms with Gasteiger partial charge in [0.2, 0.25) is 0 Å². The van der Waals surface area contributed by atoms with Crippen molar-refractivity contribution in [2.45, 2.75) is 6.42 Å². The molecule has 0 unspecified atom stereocenters. The van der Waals surface area contributed by atoms with E-state index in [-0.39, 0.29) is 11.8 Å². The third-order valence-electron chi connectivity index (χ3n) is 4.58. The third-order valence-corrected chi connectivity index (χ3v) is 4.58. The Morgan fingerprint density at radius 1 is 1.04 bits per heavy atom. The zero-order valence-corrected chi connectivity index (χ0v) is 15.0. The highest BCUT2D eigenvalue weighted by Gasteiger charge is 2.21. The van der Waals surface area contributed by atoms with Gasteiger partial charge in [0.05, 0.1) is 11.1 Å². The van der Waals surface area contributed by atoms with Crippen molar-refractivity contribution < 1.29 is 9.59 Å². The van der Waals surface area contributed by atoms with Gasteiger partial charge >= 0.3 is 0 Å². The average Bonchev–Trinajstić information content (AvgIpc) is 2.69. The van der Waals surface area contributed by atoms with Crippen LogP contribution in [0.4, 0.5) is 0 Å². The SMILES string of the molecule is CN1CCN(C(=O)c2cncc(C(=O)NCCc3ccccc3)c2)CC1. The molecule has 1 aromatic carbocycles. The Balaban J connectivity index is 1.57. The van der Waals surface area contributed by atoms with Crippen molar-refractivity contribution in [2.75, 3.05) is 39.8 Å². The molecule has 0 atom stereocenters. The van der Waals surface area contributed by atoms with Crippen LogP contribution in [-0.2, 0) is 6.42 Å². The lowest BCUT2D eigenvalue weighted by molar-refractivity contribution is 0.0663. The maximum absolute atomic E-state index is 12.6. The van der Waals surface area contributed by atoms with Crippen molar-refractivity contribution >= 4 is 11.8 Å². The summed E-state index contributed by atoms with van der Waals surface area (Å²) in [5.41, 5.74) is 2.05. The molecule has 2 heterocycles. The van der Waals surface area contributed by atoms with Crippen molar-refractivity contribution in [1.82, 2.24) is 20.1 Å². The molecule has 1 fully saturated rings. The Hall–Kier alpha value is -2.73. The Morgan fingerprint density at radius 3 is 2.46 bits per heavy atom. The number of piperazine rings is 1. The van der Waals surface area contributed by atoms with Crippen LogP contribution >= 0.6 is 0 Å². The number of benzene rings is 1. The molecule has 0 aliphatic carbocycles. The van der Waals surface area contributed by atoms with Gasteiger partial charge in [-0.3, -0.25) is 14.6 Å². The zero-order valence-electron chi connectivity index (χ0n) is 15.0. The van der Waals surface area contributed by atoms with Crippen LogP contribution in [0.2, 0.25) is 0 Å². The number of nitrogens with zero attached hydrogens (tertiary/aromatic N) is 3. The second-order valence-corrected chi connectivity index (χ2v) is 6.55. The minimum atomic E-state index is -0.207. The lowest BCUT2D eigenvalue weighted by atomic mass is 10.1. The first-order valence-corrected chi connectivity index (χ1v) is 8.88. The van der Waals surface area contributed by atoms with Gasteiger partial charge in [-0.15, -0.1) is 0 Å². The first-order valence-electron chi connectivity index (χ1n) is 8.88. The van der Waals surface area contributed by atoms with E-state index in [4.69, 9.17) is 0 Å². The van der Waals surface area contributed by atoms with E-state index in [1.807, 2.05) is 42.3 Å². The summed E-state index contributed by atoms with van der Waals surface area (Å²) in [6, 6.07) is 11.6. The van der Waals surface area contributed by atoms with Gasteiger partial charge in [0.1, 0.15) is 0 Å². The van der Waals surface area contributed by atoms with Crippen molar-refractivity contribution in [3.8, 4) is 0 Å². The van der Waals surface area contributed by atoms with E-state index in [0.717, 1.165) is 19.5 Å². The predicted octanol–water partition coefficient (Wildman–Crippen LogP) is 1.44. The number of rotatable bonds is 5. The number of hydrogen-bond donors (Lipinski definition) is 1. The maximum Gasteiger partial charge on any atom is 0.255 e. The summed E-state index contributed by atoms with van der Waals surface area (Å²) < 4.78 is 0. The molecule has 0 bridgehead atoms. The van der Waals surface area contributed by atoms with E-state index >= 15 is 0 Å². The fraction of sp³-hybridized carbons (Fsp3) is 0.350. The molecule has 1 N–H and O–H groups in total. The summed E-state index contributed by atoms with van der Waals surface area (Å²) in [4.78, 5) is 33.1. The molecule has 1 aromatic heterocycles. The summed E-state index contributed by atoms with van der Waals surface area (Å²) >= 11 is 0. The number of likely N-dealkylation sites (N-methyl/N-ethyl adjacent to an activating group) is 1. The van der Waals surface area contributed by atoms with Gasteiger partial charge in [0.25, 0.3) is 11.8 Å². The minimum absolute atomic E-state index is 0.0652. The lowest BCUT2D eigenvalue weighted by Gasteiger charge is -2.32. The molecule has 6 nitrogen and oxygen atoms in total. The van der Waals surface area contributed by atoms with Crippen LogP contribution in [0.5, 0.6) is 0 Å². The molecular formula is C20H24N4O2. The van der Waals surface area contributed by atoms with Crippen molar-refractivity contribution in [3.05, 3.63) is 65.5 Å². The van der Waals surface area contributed by atoms with Crippen LogP contribution in [-0.4, -0.2) is 66.4 Å². The van der Waals surface area contributed by atoms with Gasteiger partial charge in [0.15, 0.2) is 0 Å². The zero-order chi connectivity index (χ0) is 18.4. The summed E-state index contributed by atoms with van der Waals surface area (Å²) in [5, 5.41) is 2.89. The topological polar surface area (TPSA) is 65.5 Å². The van der Waals surface area contributed by atoms with E-state index in [1.165, 1.54) is 18.0 Å². The smallest absolute Gasteiger partial charge is 0.255 e. The largest absolute Gasteiger partial charge is 0.352 e. The molecule has 0 radical (unpaired) electrons. The molecule has 1 aliphatic rings. The highest BCUT2D eigenvalue weighted by Crippen LogP contribution is 2.09. The van der Waals surface area contributed by atoms with Crippen molar-refractivity contribution in [2.24, 2.45) is 0 Å². The average molecular weight is 352 g/mol. The van der Waals surface area contributed by atoms with E-state index in [2.05, 4.69) is 15.2 Å².